The maximum Gasteiger partial charge on any atom is 0.243 e. The third kappa shape index (κ3) is 17.5. The molecule has 8 amide bonds. The van der Waals surface area contributed by atoms with E-state index >= 15 is 19.2 Å². The highest BCUT2D eigenvalue weighted by Crippen LogP contribution is 2.23. The second-order valence-electron chi connectivity index (χ2n) is 22.2. The summed E-state index contributed by atoms with van der Waals surface area (Å²) in [7, 11) is 0. The number of benzene rings is 3. The second kappa shape index (κ2) is 31.5. The van der Waals surface area contributed by atoms with Gasteiger partial charge in [0.25, 0.3) is 0 Å². The molecule has 0 radical (unpaired) electrons. The van der Waals surface area contributed by atoms with Crippen molar-refractivity contribution in [3.8, 4) is 0 Å². The predicted octanol–water partition coefficient (Wildman–Crippen LogP) is 1.83. The molecule has 0 bridgehead atoms. The molecule has 23 nitrogen and oxygen atoms in total. The van der Waals surface area contributed by atoms with Gasteiger partial charge in [-0.1, -0.05) is 68.4 Å². The van der Waals surface area contributed by atoms with Crippen LogP contribution in [0.15, 0.2) is 91.4 Å². The lowest BCUT2D eigenvalue weighted by molar-refractivity contribution is -0.137. The first-order valence-corrected chi connectivity index (χ1v) is 29.5. The lowest BCUT2D eigenvalue weighted by Gasteiger charge is -2.29. The zero-order valence-electron chi connectivity index (χ0n) is 48.2. The van der Waals surface area contributed by atoms with Gasteiger partial charge >= 0.3 is 0 Å². The number of carbonyl (C=O) groups is 8. The summed E-state index contributed by atoms with van der Waals surface area (Å²) in [5.74, 6) is -5.94. The standard InChI is InChI=1S/C61H85N15O8/c1-36(2)29-50-58(81)75-53(32-39-35-68-45-20-8-5-17-42(39)45)61(84)76-51(30-37-33-66-43-18-6-3-15-40(37)43)59(82)72-47(22-10-12-26-63)55(78)70-48(23-13-27-64)56(79)69-46(21-9-11-25-62)54(77)71-49(24-14-28-65)57(80)74-52(60(83)73-50)31-38-34-67-44-19-7-4-16-41(38)44/h3-8,15-20,33-36,46-53,66-68H,9-14,21-32,62-65H2,1-2H3,(H,69,79)(H,70,78)(H,71,77)(H,72,82)(H,73,83)(H,74,80)(H,75,81)(H,76,84)/t46-,47-,48-,49-,50-,51-,52-,53-/m0/s1. The third-order valence-corrected chi connectivity index (χ3v) is 15.4. The molecule has 1 saturated heterocycles. The summed E-state index contributed by atoms with van der Waals surface area (Å²) in [6.07, 6.45) is 7.80. The maximum atomic E-state index is 15.3. The number of rotatable bonds is 22. The Labute approximate surface area is 489 Å². The van der Waals surface area contributed by atoms with Crippen LogP contribution in [0, 0.1) is 5.92 Å². The molecule has 7 rings (SSSR count). The van der Waals surface area contributed by atoms with E-state index in [9.17, 15) is 19.2 Å². The van der Waals surface area contributed by atoms with Gasteiger partial charge in [0.15, 0.2) is 0 Å². The van der Waals surface area contributed by atoms with Gasteiger partial charge in [-0.15, -0.1) is 0 Å². The van der Waals surface area contributed by atoms with E-state index in [1.165, 1.54) is 0 Å². The summed E-state index contributed by atoms with van der Waals surface area (Å²) in [5.41, 5.74) is 28.1. The average Bonchev–Trinajstić information content (AvgIpc) is 4.28. The van der Waals surface area contributed by atoms with Crippen LogP contribution < -0.4 is 65.5 Å². The van der Waals surface area contributed by atoms with E-state index in [1.54, 1.807) is 18.6 Å². The van der Waals surface area contributed by atoms with Crippen molar-refractivity contribution < 1.29 is 38.4 Å². The molecule has 1 fully saturated rings. The molecule has 452 valence electrons. The minimum atomic E-state index is -1.36. The van der Waals surface area contributed by atoms with E-state index in [2.05, 4.69) is 57.5 Å². The van der Waals surface area contributed by atoms with Crippen molar-refractivity contribution in [2.75, 3.05) is 26.2 Å². The normalized spacial score (nSPS) is 22.2. The highest BCUT2D eigenvalue weighted by molar-refractivity contribution is 6.00. The van der Waals surface area contributed by atoms with Crippen LogP contribution in [0.1, 0.15) is 101 Å². The largest absolute Gasteiger partial charge is 0.361 e. The fourth-order valence-corrected chi connectivity index (χ4v) is 10.8. The summed E-state index contributed by atoms with van der Waals surface area (Å²) in [6.45, 7) is 4.66. The predicted molar refractivity (Wildman–Crippen MR) is 323 cm³/mol. The zero-order chi connectivity index (χ0) is 60.1. The summed E-state index contributed by atoms with van der Waals surface area (Å²) in [6, 6.07) is 12.1. The van der Waals surface area contributed by atoms with Crippen LogP contribution in [-0.4, -0.2) is 137 Å². The van der Waals surface area contributed by atoms with Crippen molar-refractivity contribution in [3.05, 3.63) is 108 Å². The number of hydrogen-bond acceptors (Lipinski definition) is 12. The molecule has 0 unspecified atom stereocenters. The molecular formula is C61H85N15O8. The summed E-state index contributed by atoms with van der Waals surface area (Å²) < 4.78 is 0. The van der Waals surface area contributed by atoms with Crippen molar-refractivity contribution in [1.29, 1.82) is 0 Å². The van der Waals surface area contributed by atoms with Crippen LogP contribution in [0.25, 0.3) is 32.7 Å². The van der Waals surface area contributed by atoms with Crippen molar-refractivity contribution in [2.24, 2.45) is 28.9 Å². The molecule has 4 heterocycles. The zero-order valence-corrected chi connectivity index (χ0v) is 48.2. The van der Waals surface area contributed by atoms with Gasteiger partial charge in [0.1, 0.15) is 48.3 Å². The molecule has 0 spiro atoms. The van der Waals surface area contributed by atoms with E-state index in [-0.39, 0.29) is 83.2 Å². The van der Waals surface area contributed by atoms with E-state index in [1.807, 2.05) is 86.6 Å². The number of hydrogen-bond donors (Lipinski definition) is 15. The van der Waals surface area contributed by atoms with Crippen molar-refractivity contribution >= 4 is 80.0 Å². The second-order valence-corrected chi connectivity index (χ2v) is 22.2. The number of carbonyl (C=O) groups excluding carboxylic acids is 8. The quantitative estimate of drug-likeness (QED) is 0.0433. The Hall–Kier alpha value is -8.12. The van der Waals surface area contributed by atoms with Crippen molar-refractivity contribution in [2.45, 2.75) is 152 Å². The lowest BCUT2D eigenvalue weighted by Crippen LogP contribution is -2.62. The molecule has 1 aliphatic heterocycles. The van der Waals surface area contributed by atoms with E-state index < -0.39 is 95.6 Å². The topological polar surface area (TPSA) is 384 Å². The average molecular weight is 1160 g/mol. The van der Waals surface area contributed by atoms with Gasteiger partial charge in [0, 0.05) is 70.6 Å². The smallest absolute Gasteiger partial charge is 0.243 e. The molecule has 3 aromatic heterocycles. The number of nitrogens with one attached hydrogen (secondary N) is 11. The van der Waals surface area contributed by atoms with Gasteiger partial charge in [-0.2, -0.15) is 0 Å². The third-order valence-electron chi connectivity index (χ3n) is 15.4. The number of aromatic amines is 3. The van der Waals surface area contributed by atoms with E-state index in [0.717, 1.165) is 32.7 Å². The summed E-state index contributed by atoms with van der Waals surface area (Å²) >= 11 is 0. The molecule has 0 aliphatic carbocycles. The van der Waals surface area contributed by atoms with Crippen molar-refractivity contribution in [3.63, 3.8) is 0 Å². The van der Waals surface area contributed by atoms with Gasteiger partial charge < -0.3 is 80.4 Å². The number of aromatic nitrogens is 3. The fraction of sp³-hybridized carbons (Fsp3) is 0.475. The van der Waals surface area contributed by atoms with Gasteiger partial charge in [-0.3, -0.25) is 38.4 Å². The Morgan fingerprint density at radius 3 is 0.881 bits per heavy atom. The number of nitrogens with two attached hydrogens (primary N) is 4. The maximum absolute atomic E-state index is 15.3. The highest BCUT2D eigenvalue weighted by Gasteiger charge is 2.37. The number of amides is 8. The Morgan fingerprint density at radius 2 is 0.583 bits per heavy atom. The summed E-state index contributed by atoms with van der Waals surface area (Å²) in [5, 5.41) is 25.4. The molecular weight excluding hydrogens is 1070 g/mol. The fourth-order valence-electron chi connectivity index (χ4n) is 10.8. The van der Waals surface area contributed by atoms with Crippen LogP contribution in [0.2, 0.25) is 0 Å². The Morgan fingerprint density at radius 1 is 0.333 bits per heavy atom. The Bertz CT molecular complexity index is 3190. The van der Waals surface area contributed by atoms with Crippen LogP contribution in [0.5, 0.6) is 0 Å². The van der Waals surface area contributed by atoms with Gasteiger partial charge in [-0.05, 0) is 138 Å². The first-order valence-electron chi connectivity index (χ1n) is 29.5. The van der Waals surface area contributed by atoms with Gasteiger partial charge in [0.2, 0.25) is 47.3 Å². The van der Waals surface area contributed by atoms with Crippen LogP contribution in [0.4, 0.5) is 0 Å². The van der Waals surface area contributed by atoms with Crippen LogP contribution in [-0.2, 0) is 57.6 Å². The molecule has 3 aromatic carbocycles. The molecule has 8 atom stereocenters. The van der Waals surface area contributed by atoms with E-state index in [4.69, 9.17) is 22.9 Å². The molecule has 23 heteroatoms. The van der Waals surface area contributed by atoms with Crippen LogP contribution >= 0.6 is 0 Å². The number of para-hydroxylation sites is 3. The Kier molecular flexibility index (Phi) is 23.8. The number of H-pyrrole nitrogens is 3. The lowest BCUT2D eigenvalue weighted by atomic mass is 9.98. The minimum Gasteiger partial charge on any atom is -0.361 e. The first-order chi connectivity index (χ1) is 40.6. The van der Waals surface area contributed by atoms with Gasteiger partial charge in [0.05, 0.1) is 0 Å². The molecule has 84 heavy (non-hydrogen) atoms. The molecule has 19 N–H and O–H groups in total. The van der Waals surface area contributed by atoms with Crippen LogP contribution in [0.3, 0.4) is 0 Å². The van der Waals surface area contributed by atoms with Crippen molar-refractivity contribution in [1.82, 2.24) is 57.5 Å². The minimum absolute atomic E-state index is 0.0479. The number of unbranched alkanes of at least 4 members (excludes halogenated alkanes) is 2. The Balaban J connectivity index is 1.33. The summed E-state index contributed by atoms with van der Waals surface area (Å²) in [4.78, 5) is 129. The molecule has 6 aromatic rings. The SMILES string of the molecule is CC(C)C[C@@H]1NC(=O)[C@H](Cc2c[nH]c3ccccc23)NC(=O)[C@H](CCCN)NC(=O)[C@H](CCCCN)NC(=O)[C@H](CCCN)NC(=O)[C@H](CCCCN)NC(=O)[C@H](Cc2c[nH]c3ccccc23)NC(=O)[C@H](Cc2c[nH]c3ccccc23)NC1=O. The highest BCUT2D eigenvalue weighted by atomic mass is 16.2. The molecule has 0 saturated carbocycles. The monoisotopic (exact) mass is 1160 g/mol. The molecule has 1 aliphatic rings. The van der Waals surface area contributed by atoms with E-state index in [0.29, 0.717) is 55.5 Å². The first kappa shape index (κ1) is 63.5. The number of fused-ring (bicyclic) bond motifs is 3. The van der Waals surface area contributed by atoms with Gasteiger partial charge in [-0.25, -0.2) is 0 Å².